The van der Waals surface area contributed by atoms with Crippen LogP contribution in [0.25, 0.3) is 0 Å². The Balaban J connectivity index is 2.65. The van der Waals surface area contributed by atoms with Crippen molar-refractivity contribution >= 4 is 28.6 Å². The van der Waals surface area contributed by atoms with Gasteiger partial charge in [0.05, 0.1) is 13.0 Å². The van der Waals surface area contributed by atoms with Gasteiger partial charge in [0.2, 0.25) is 0 Å². The van der Waals surface area contributed by atoms with Crippen LogP contribution in [-0.4, -0.2) is 17.5 Å². The van der Waals surface area contributed by atoms with Gasteiger partial charge in [-0.15, -0.1) is 0 Å². The molecule has 1 rings (SSSR count). The number of unbranched alkanes of at least 4 members (excludes halogenated alkanes) is 1. The van der Waals surface area contributed by atoms with Crippen molar-refractivity contribution in [3.8, 4) is 0 Å². The summed E-state index contributed by atoms with van der Waals surface area (Å²) in [7, 11) is 1.45. The van der Waals surface area contributed by atoms with Gasteiger partial charge in [-0.1, -0.05) is 53.8 Å². The summed E-state index contributed by atoms with van der Waals surface area (Å²) in [5.41, 5.74) is 2.41. The molecule has 0 amide bonds. The summed E-state index contributed by atoms with van der Waals surface area (Å²) < 4.78 is 6.05. The minimum absolute atomic E-state index is 0.126. The van der Waals surface area contributed by atoms with E-state index in [0.717, 1.165) is 18.4 Å². The average Bonchev–Trinajstić information content (AvgIpc) is 2.41. The second-order valence-electron chi connectivity index (χ2n) is 4.37. The quantitative estimate of drug-likeness (QED) is 0.317. The molecular weight excluding hydrogens is 339 g/mol. The number of benzene rings is 1. The Morgan fingerprint density at radius 3 is 2.44 bits per heavy atom. The molecule has 0 aliphatic rings. The number of rotatable bonds is 7. The number of carbonyl (C=O) groups is 1. The average molecular weight is 360 g/mol. The number of esters is 1. The van der Waals surface area contributed by atoms with E-state index in [-0.39, 0.29) is 11.9 Å². The molecule has 0 saturated heterocycles. The number of halogens is 1. The van der Waals surface area contributed by atoms with E-state index in [1.54, 1.807) is 0 Å². The van der Waals surface area contributed by atoms with E-state index in [4.69, 9.17) is 4.74 Å². The fraction of sp³-hybridized carbons (Fsp3) is 0.533. The van der Waals surface area contributed by atoms with Crippen molar-refractivity contribution in [2.45, 2.75) is 38.5 Å². The van der Waals surface area contributed by atoms with Crippen LogP contribution in [0, 0.1) is 0 Å². The third-order valence-electron chi connectivity index (χ3n) is 3.13. The predicted molar refractivity (Wildman–Crippen MR) is 83.3 cm³/mol. The lowest BCUT2D eigenvalue weighted by Crippen LogP contribution is -2.13. The van der Waals surface area contributed by atoms with Crippen LogP contribution in [-0.2, 0) is 16.0 Å². The van der Waals surface area contributed by atoms with Crippen LogP contribution in [0.3, 0.4) is 0 Å². The van der Waals surface area contributed by atoms with Crippen molar-refractivity contribution in [2.24, 2.45) is 0 Å². The summed E-state index contributed by atoms with van der Waals surface area (Å²) in [5.74, 6) is -0.270. The number of hydrogen-bond donors (Lipinski definition) is 0. The number of hydrogen-bond acceptors (Lipinski definition) is 2. The van der Waals surface area contributed by atoms with Gasteiger partial charge in [0.25, 0.3) is 0 Å². The Morgan fingerprint density at radius 1 is 1.28 bits per heavy atom. The number of ether oxygens (including phenoxy) is 1. The van der Waals surface area contributed by atoms with E-state index in [9.17, 15) is 4.79 Å². The Hall–Kier alpha value is -0.580. The lowest BCUT2D eigenvalue weighted by molar-refractivity contribution is -0.142. The Labute approximate surface area is 123 Å². The first-order valence-electron chi connectivity index (χ1n) is 6.45. The lowest BCUT2D eigenvalue weighted by atomic mass is 9.95. The van der Waals surface area contributed by atoms with Gasteiger partial charge < -0.3 is 4.74 Å². The van der Waals surface area contributed by atoms with Gasteiger partial charge >= 0.3 is 5.97 Å². The largest absolute Gasteiger partial charge is 0.469 e. The molecule has 2 nitrogen and oxygen atoms in total. The maximum absolute atomic E-state index is 11.6. The number of aryl methyl sites for hydroxylation is 1. The van der Waals surface area contributed by atoms with E-state index in [1.807, 2.05) is 6.92 Å². The molecule has 3 heteroatoms. The first-order chi connectivity index (χ1) is 8.72. The minimum atomic E-state index is -0.143. The molecule has 0 aliphatic carbocycles. The van der Waals surface area contributed by atoms with Crippen LogP contribution in [0.4, 0.5) is 0 Å². The van der Waals surface area contributed by atoms with E-state index in [2.05, 4.69) is 46.9 Å². The number of carbonyl (C=O) groups excluding carboxylic acids is 1. The number of alkyl halides is 1. The molecule has 0 bridgehead atoms. The van der Waals surface area contributed by atoms with Gasteiger partial charge in [-0.2, -0.15) is 0 Å². The lowest BCUT2D eigenvalue weighted by Gasteiger charge is -2.13. The van der Waals surface area contributed by atoms with Gasteiger partial charge in [-0.05, 0) is 41.2 Å². The molecule has 1 aromatic rings. The molecule has 0 saturated carbocycles. The normalized spacial score (nSPS) is 12.2. The van der Waals surface area contributed by atoms with Crippen LogP contribution in [0.2, 0.25) is 0 Å². The Kier molecular flexibility index (Phi) is 7.32. The van der Waals surface area contributed by atoms with E-state index in [1.165, 1.54) is 29.9 Å². The van der Waals surface area contributed by atoms with Crippen molar-refractivity contribution < 1.29 is 9.53 Å². The van der Waals surface area contributed by atoms with Gasteiger partial charge in [0, 0.05) is 0 Å². The van der Waals surface area contributed by atoms with Gasteiger partial charge in [0.15, 0.2) is 0 Å². The SMILES string of the molecule is CCC(C(=O)OC)c1ccc(CCCCI)cc1. The van der Waals surface area contributed by atoms with E-state index < -0.39 is 0 Å². The van der Waals surface area contributed by atoms with Crippen molar-refractivity contribution in [1.29, 1.82) is 0 Å². The first kappa shape index (κ1) is 15.5. The van der Waals surface area contributed by atoms with Crippen LogP contribution in [0.5, 0.6) is 0 Å². The monoisotopic (exact) mass is 360 g/mol. The maximum atomic E-state index is 11.6. The summed E-state index contributed by atoms with van der Waals surface area (Å²) in [4.78, 5) is 11.6. The van der Waals surface area contributed by atoms with Crippen LogP contribution in [0.1, 0.15) is 43.2 Å². The molecule has 0 aliphatic heterocycles. The predicted octanol–water partition coefficient (Wildman–Crippen LogP) is 4.11. The fourth-order valence-corrected chi connectivity index (χ4v) is 2.56. The van der Waals surface area contributed by atoms with Gasteiger partial charge in [-0.25, -0.2) is 0 Å². The van der Waals surface area contributed by atoms with Crippen LogP contribution in [0.15, 0.2) is 24.3 Å². The highest BCUT2D eigenvalue weighted by atomic mass is 127. The van der Waals surface area contributed by atoms with Crippen LogP contribution >= 0.6 is 22.6 Å². The van der Waals surface area contributed by atoms with Crippen molar-refractivity contribution in [2.75, 3.05) is 11.5 Å². The van der Waals surface area contributed by atoms with Crippen molar-refractivity contribution in [3.63, 3.8) is 0 Å². The first-order valence-corrected chi connectivity index (χ1v) is 7.98. The third kappa shape index (κ3) is 4.59. The van der Waals surface area contributed by atoms with Crippen molar-refractivity contribution in [3.05, 3.63) is 35.4 Å². The molecule has 0 spiro atoms. The van der Waals surface area contributed by atoms with E-state index in [0.29, 0.717) is 0 Å². The second kappa shape index (κ2) is 8.51. The molecule has 0 radical (unpaired) electrons. The van der Waals surface area contributed by atoms with E-state index >= 15 is 0 Å². The Bertz CT molecular complexity index is 359. The smallest absolute Gasteiger partial charge is 0.313 e. The summed E-state index contributed by atoms with van der Waals surface area (Å²) in [6.07, 6.45) is 4.40. The molecule has 1 aromatic carbocycles. The zero-order valence-electron chi connectivity index (χ0n) is 11.1. The van der Waals surface area contributed by atoms with Crippen molar-refractivity contribution in [1.82, 2.24) is 0 Å². The van der Waals surface area contributed by atoms with Gasteiger partial charge in [0.1, 0.15) is 0 Å². The fourth-order valence-electron chi connectivity index (χ4n) is 2.02. The molecule has 0 fully saturated rings. The summed E-state index contributed by atoms with van der Waals surface area (Å²) in [6, 6.07) is 8.39. The summed E-state index contributed by atoms with van der Waals surface area (Å²) in [5, 5.41) is 0. The molecular formula is C15H21IO2. The Morgan fingerprint density at radius 2 is 1.94 bits per heavy atom. The molecule has 1 unspecified atom stereocenters. The third-order valence-corrected chi connectivity index (χ3v) is 3.89. The second-order valence-corrected chi connectivity index (χ2v) is 5.45. The zero-order valence-corrected chi connectivity index (χ0v) is 13.3. The maximum Gasteiger partial charge on any atom is 0.313 e. The molecule has 100 valence electrons. The summed E-state index contributed by atoms with van der Waals surface area (Å²) in [6.45, 7) is 2.01. The molecule has 0 heterocycles. The zero-order chi connectivity index (χ0) is 13.4. The highest BCUT2D eigenvalue weighted by molar-refractivity contribution is 14.1. The molecule has 1 atom stereocenters. The van der Waals surface area contributed by atoms with Crippen LogP contribution < -0.4 is 0 Å². The summed E-state index contributed by atoms with van der Waals surface area (Å²) >= 11 is 2.41. The standard InChI is InChI=1S/C15H21IO2/c1-3-14(15(17)18-2)13-9-7-12(8-10-13)6-4-5-11-16/h7-10,14H,3-6,11H2,1-2H3. The molecule has 0 N–H and O–H groups in total. The highest BCUT2D eigenvalue weighted by Gasteiger charge is 2.18. The number of methoxy groups -OCH3 is 1. The minimum Gasteiger partial charge on any atom is -0.469 e. The molecule has 18 heavy (non-hydrogen) atoms. The molecule has 0 aromatic heterocycles. The highest BCUT2D eigenvalue weighted by Crippen LogP contribution is 2.21. The van der Waals surface area contributed by atoms with Gasteiger partial charge in [-0.3, -0.25) is 4.79 Å². The topological polar surface area (TPSA) is 26.3 Å².